The summed E-state index contributed by atoms with van der Waals surface area (Å²) in [7, 11) is 3.93. The number of nitrogens with zero attached hydrogens (tertiary/aromatic N) is 1. The summed E-state index contributed by atoms with van der Waals surface area (Å²) in [5.74, 6) is 0.0196. The molecule has 1 aliphatic carbocycles. The third-order valence-electron chi connectivity index (χ3n) is 2.79. The zero-order chi connectivity index (χ0) is 12.3. The van der Waals surface area contributed by atoms with E-state index in [-0.39, 0.29) is 5.91 Å². The first kappa shape index (κ1) is 11.9. The third kappa shape index (κ3) is 3.46. The van der Waals surface area contributed by atoms with Crippen LogP contribution in [0.2, 0.25) is 0 Å². The number of para-hydroxylation sites is 2. The van der Waals surface area contributed by atoms with Crippen LogP contribution in [-0.2, 0) is 4.79 Å². The van der Waals surface area contributed by atoms with Crippen molar-refractivity contribution in [1.29, 1.82) is 0 Å². The number of anilines is 2. The molecule has 1 amide bonds. The Morgan fingerprint density at radius 2 is 2.06 bits per heavy atom. The van der Waals surface area contributed by atoms with E-state index in [0.717, 1.165) is 11.4 Å². The Labute approximate surface area is 102 Å². The summed E-state index contributed by atoms with van der Waals surface area (Å²) in [6, 6.07) is 8.36. The molecule has 0 saturated heterocycles. The molecule has 0 radical (unpaired) electrons. The van der Waals surface area contributed by atoms with Gasteiger partial charge in [0.05, 0.1) is 17.9 Å². The Hall–Kier alpha value is -1.55. The van der Waals surface area contributed by atoms with Crippen LogP contribution in [0.25, 0.3) is 0 Å². The monoisotopic (exact) mass is 233 g/mol. The van der Waals surface area contributed by atoms with E-state index >= 15 is 0 Å². The lowest BCUT2D eigenvalue weighted by atomic mass is 10.2. The fraction of sp³-hybridized carbons (Fsp3) is 0.462. The maximum Gasteiger partial charge on any atom is 0.238 e. The highest BCUT2D eigenvalue weighted by Gasteiger charge is 2.21. The molecule has 0 unspecified atom stereocenters. The highest BCUT2D eigenvalue weighted by molar-refractivity contribution is 5.95. The van der Waals surface area contributed by atoms with Gasteiger partial charge in [-0.2, -0.15) is 0 Å². The van der Waals surface area contributed by atoms with Crippen LogP contribution in [-0.4, -0.2) is 32.6 Å². The van der Waals surface area contributed by atoms with Gasteiger partial charge in [-0.25, -0.2) is 0 Å². The number of nitrogens with one attached hydrogen (secondary N) is 2. The Morgan fingerprint density at radius 3 is 2.71 bits per heavy atom. The van der Waals surface area contributed by atoms with E-state index in [9.17, 15) is 4.79 Å². The van der Waals surface area contributed by atoms with Gasteiger partial charge >= 0.3 is 0 Å². The topological polar surface area (TPSA) is 44.4 Å². The van der Waals surface area contributed by atoms with Crippen molar-refractivity contribution in [2.75, 3.05) is 30.9 Å². The first-order valence-corrected chi connectivity index (χ1v) is 5.96. The van der Waals surface area contributed by atoms with Crippen LogP contribution in [0.4, 0.5) is 11.4 Å². The highest BCUT2D eigenvalue weighted by atomic mass is 16.1. The molecule has 0 heterocycles. The number of rotatable bonds is 5. The van der Waals surface area contributed by atoms with Crippen LogP contribution in [0.1, 0.15) is 12.8 Å². The zero-order valence-electron chi connectivity index (χ0n) is 10.4. The molecule has 0 bridgehead atoms. The normalized spacial score (nSPS) is 14.5. The number of hydrogen-bond donors (Lipinski definition) is 2. The smallest absolute Gasteiger partial charge is 0.238 e. The van der Waals surface area contributed by atoms with Crippen molar-refractivity contribution >= 4 is 17.3 Å². The van der Waals surface area contributed by atoms with Crippen molar-refractivity contribution < 1.29 is 4.79 Å². The Balaban J connectivity index is 1.94. The molecule has 2 N–H and O–H groups in total. The Kier molecular flexibility index (Phi) is 3.64. The summed E-state index contributed by atoms with van der Waals surface area (Å²) < 4.78 is 0. The lowest BCUT2D eigenvalue weighted by molar-refractivity contribution is -0.115. The molecule has 0 atom stereocenters. The number of benzene rings is 1. The molecule has 1 aliphatic rings. The molecule has 1 fully saturated rings. The zero-order valence-corrected chi connectivity index (χ0v) is 10.4. The summed E-state index contributed by atoms with van der Waals surface area (Å²) in [5.41, 5.74) is 1.88. The van der Waals surface area contributed by atoms with Crippen molar-refractivity contribution in [2.45, 2.75) is 18.9 Å². The van der Waals surface area contributed by atoms with Gasteiger partial charge in [-0.15, -0.1) is 0 Å². The predicted octanol–water partition coefficient (Wildman–Crippen LogP) is 1.44. The summed E-state index contributed by atoms with van der Waals surface area (Å²) in [6.45, 7) is 0.395. The van der Waals surface area contributed by atoms with Gasteiger partial charge in [-0.3, -0.25) is 4.79 Å². The quantitative estimate of drug-likeness (QED) is 0.809. The first-order chi connectivity index (χ1) is 8.16. The average molecular weight is 233 g/mol. The number of hydrogen-bond acceptors (Lipinski definition) is 3. The minimum Gasteiger partial charge on any atom is -0.376 e. The van der Waals surface area contributed by atoms with E-state index in [1.54, 1.807) is 0 Å². The highest BCUT2D eigenvalue weighted by Crippen LogP contribution is 2.23. The molecule has 0 aliphatic heterocycles. The SMILES string of the molecule is CN(C)c1ccccc1NC(=O)CNC1CC1. The molecule has 4 heteroatoms. The van der Waals surface area contributed by atoms with Crippen LogP contribution in [0.5, 0.6) is 0 Å². The third-order valence-corrected chi connectivity index (χ3v) is 2.79. The fourth-order valence-electron chi connectivity index (χ4n) is 1.69. The average Bonchev–Trinajstić information content (AvgIpc) is 3.10. The molecule has 0 aromatic heterocycles. The molecule has 2 rings (SSSR count). The van der Waals surface area contributed by atoms with Gasteiger partial charge in [-0.05, 0) is 25.0 Å². The lowest BCUT2D eigenvalue weighted by Crippen LogP contribution is -2.30. The van der Waals surface area contributed by atoms with Crippen LogP contribution in [0.3, 0.4) is 0 Å². The predicted molar refractivity (Wildman–Crippen MR) is 70.4 cm³/mol. The summed E-state index contributed by atoms with van der Waals surface area (Å²) in [5, 5.41) is 6.13. The van der Waals surface area contributed by atoms with Crippen LogP contribution < -0.4 is 15.5 Å². The lowest BCUT2D eigenvalue weighted by Gasteiger charge is -2.17. The van der Waals surface area contributed by atoms with Crippen LogP contribution in [0, 0.1) is 0 Å². The molecular formula is C13H19N3O. The minimum absolute atomic E-state index is 0.0196. The second-order valence-corrected chi connectivity index (χ2v) is 4.61. The molecule has 1 aromatic rings. The van der Waals surface area contributed by atoms with Gasteiger partial charge in [0, 0.05) is 20.1 Å². The van der Waals surface area contributed by atoms with Crippen molar-refractivity contribution in [3.63, 3.8) is 0 Å². The fourth-order valence-corrected chi connectivity index (χ4v) is 1.69. The van der Waals surface area contributed by atoms with Crippen molar-refractivity contribution in [3.05, 3.63) is 24.3 Å². The van der Waals surface area contributed by atoms with Crippen LogP contribution in [0.15, 0.2) is 24.3 Å². The van der Waals surface area contributed by atoms with Gasteiger partial charge in [0.1, 0.15) is 0 Å². The van der Waals surface area contributed by atoms with Gasteiger partial charge in [0.15, 0.2) is 0 Å². The maximum absolute atomic E-state index is 11.7. The number of carbonyl (C=O) groups excluding carboxylic acids is 1. The van der Waals surface area contributed by atoms with Crippen molar-refractivity contribution in [2.24, 2.45) is 0 Å². The summed E-state index contributed by atoms with van der Waals surface area (Å²) >= 11 is 0. The molecule has 1 saturated carbocycles. The molecule has 1 aromatic carbocycles. The van der Waals surface area contributed by atoms with E-state index in [1.807, 2.05) is 43.3 Å². The second-order valence-electron chi connectivity index (χ2n) is 4.61. The number of carbonyl (C=O) groups is 1. The molecular weight excluding hydrogens is 214 g/mol. The molecule has 0 spiro atoms. The van der Waals surface area contributed by atoms with Gasteiger partial charge in [0.2, 0.25) is 5.91 Å². The molecule has 92 valence electrons. The standard InChI is InChI=1S/C13H19N3O/c1-16(2)12-6-4-3-5-11(12)15-13(17)9-14-10-7-8-10/h3-6,10,14H,7-9H2,1-2H3,(H,15,17). The maximum atomic E-state index is 11.7. The summed E-state index contributed by atoms with van der Waals surface area (Å²) in [4.78, 5) is 13.7. The van der Waals surface area contributed by atoms with Gasteiger partial charge in [-0.1, -0.05) is 12.1 Å². The van der Waals surface area contributed by atoms with E-state index in [4.69, 9.17) is 0 Å². The van der Waals surface area contributed by atoms with Crippen LogP contribution >= 0.6 is 0 Å². The van der Waals surface area contributed by atoms with E-state index in [0.29, 0.717) is 12.6 Å². The van der Waals surface area contributed by atoms with E-state index in [1.165, 1.54) is 12.8 Å². The first-order valence-electron chi connectivity index (χ1n) is 5.96. The summed E-state index contributed by atoms with van der Waals surface area (Å²) in [6.07, 6.45) is 2.39. The van der Waals surface area contributed by atoms with Crippen molar-refractivity contribution in [3.8, 4) is 0 Å². The van der Waals surface area contributed by atoms with Gasteiger partial charge in [0.25, 0.3) is 0 Å². The molecule has 17 heavy (non-hydrogen) atoms. The van der Waals surface area contributed by atoms with E-state index < -0.39 is 0 Å². The Bertz CT molecular complexity index is 399. The van der Waals surface area contributed by atoms with Gasteiger partial charge < -0.3 is 15.5 Å². The van der Waals surface area contributed by atoms with E-state index in [2.05, 4.69) is 10.6 Å². The molecule has 4 nitrogen and oxygen atoms in total. The minimum atomic E-state index is 0.0196. The Morgan fingerprint density at radius 1 is 1.35 bits per heavy atom. The van der Waals surface area contributed by atoms with Crippen molar-refractivity contribution in [1.82, 2.24) is 5.32 Å². The second kappa shape index (κ2) is 5.19. The largest absolute Gasteiger partial charge is 0.376 e. The number of amides is 1.